The highest BCUT2D eigenvalue weighted by molar-refractivity contribution is 6.31. The molecule has 1 fully saturated rings. The van der Waals surface area contributed by atoms with Gasteiger partial charge in [-0.15, -0.1) is 0 Å². The van der Waals surface area contributed by atoms with E-state index in [-0.39, 0.29) is 33.8 Å². The van der Waals surface area contributed by atoms with Crippen LogP contribution in [0.1, 0.15) is 108 Å². The molecule has 3 N–H and O–H groups in total. The molecular weight excluding hydrogens is 598 g/mol. The number of phenols is 2. The van der Waals surface area contributed by atoms with Crippen molar-refractivity contribution >= 4 is 17.3 Å². The van der Waals surface area contributed by atoms with E-state index in [4.69, 9.17) is 4.74 Å². The number of aromatic hydroxyl groups is 2. The van der Waals surface area contributed by atoms with Gasteiger partial charge in [-0.3, -0.25) is 9.59 Å². The third kappa shape index (κ3) is 6.45. The summed E-state index contributed by atoms with van der Waals surface area (Å²) < 4.78 is 6.13. The van der Waals surface area contributed by atoms with Crippen molar-refractivity contribution < 1.29 is 24.5 Å². The molecule has 4 aromatic carbocycles. The minimum atomic E-state index is -0.489. The maximum absolute atomic E-state index is 13.8. The monoisotopic (exact) mass is 645 g/mol. The van der Waals surface area contributed by atoms with Crippen LogP contribution in [-0.4, -0.2) is 34.9 Å². The van der Waals surface area contributed by atoms with Crippen molar-refractivity contribution in [1.29, 1.82) is 0 Å². The Balaban J connectivity index is 1.22. The molecule has 0 amide bonds. The third-order valence-electron chi connectivity index (χ3n) is 10.3. The van der Waals surface area contributed by atoms with E-state index in [0.29, 0.717) is 29.2 Å². The number of aryl methyl sites for hydroxylation is 2. The first-order valence-corrected chi connectivity index (χ1v) is 17.6. The molecular formula is C42H47NO5. The van der Waals surface area contributed by atoms with Gasteiger partial charge in [-0.2, -0.15) is 0 Å². The zero-order valence-electron chi connectivity index (χ0n) is 28.6. The maximum Gasteiger partial charge on any atom is 0.198 e. The van der Waals surface area contributed by atoms with Crippen LogP contribution < -0.4 is 10.1 Å². The van der Waals surface area contributed by atoms with Crippen molar-refractivity contribution in [3.8, 4) is 39.5 Å². The number of anilines is 1. The van der Waals surface area contributed by atoms with Crippen LogP contribution in [0.4, 0.5) is 5.69 Å². The molecule has 0 aromatic heterocycles. The average molecular weight is 646 g/mol. The molecule has 48 heavy (non-hydrogen) atoms. The summed E-state index contributed by atoms with van der Waals surface area (Å²) in [6.07, 6.45) is 9.75. The van der Waals surface area contributed by atoms with Crippen LogP contribution in [0.25, 0.3) is 22.3 Å². The summed E-state index contributed by atoms with van der Waals surface area (Å²) in [5, 5.41) is 26.4. The number of rotatable bonds is 11. The van der Waals surface area contributed by atoms with Gasteiger partial charge in [0, 0.05) is 34.5 Å². The Labute approximate surface area is 284 Å². The Bertz CT molecular complexity index is 1810. The van der Waals surface area contributed by atoms with Gasteiger partial charge >= 0.3 is 0 Å². The molecule has 0 saturated heterocycles. The van der Waals surface area contributed by atoms with Crippen molar-refractivity contribution in [2.24, 2.45) is 11.8 Å². The Kier molecular flexibility index (Phi) is 9.91. The lowest BCUT2D eigenvalue weighted by atomic mass is 9.80. The van der Waals surface area contributed by atoms with Crippen LogP contribution in [-0.2, 0) is 0 Å². The number of unbranched alkanes of at least 4 members (excludes halogenated alkanes) is 1. The SMILES string of the molecule is CCCCNc1c(C)cc(-c2ccc3c(c2O)C(=O)c2ccc(-c4ccc(OCC5CCC(CCC)CC5)cc4)c(O)c2C3=O)cc1C. The first kappa shape index (κ1) is 33.3. The lowest BCUT2D eigenvalue weighted by Crippen LogP contribution is -2.21. The number of hydrogen-bond donors (Lipinski definition) is 3. The second-order valence-electron chi connectivity index (χ2n) is 13.7. The smallest absolute Gasteiger partial charge is 0.198 e. The normalized spacial score (nSPS) is 17.2. The molecule has 0 radical (unpaired) electrons. The van der Waals surface area contributed by atoms with E-state index in [0.717, 1.165) is 53.4 Å². The zero-order chi connectivity index (χ0) is 33.9. The maximum atomic E-state index is 13.8. The molecule has 0 aliphatic heterocycles. The number of nitrogens with one attached hydrogen (secondary N) is 1. The van der Waals surface area contributed by atoms with Gasteiger partial charge in [0.05, 0.1) is 17.7 Å². The van der Waals surface area contributed by atoms with E-state index in [1.165, 1.54) is 38.5 Å². The number of fused-ring (bicyclic) bond motifs is 2. The fourth-order valence-electron chi connectivity index (χ4n) is 7.58. The molecule has 6 rings (SSSR count). The number of benzene rings is 4. The molecule has 250 valence electrons. The third-order valence-corrected chi connectivity index (χ3v) is 10.3. The van der Waals surface area contributed by atoms with Gasteiger partial charge in [-0.25, -0.2) is 0 Å². The standard InChI is InChI=1S/C42H47NO5/c1-5-7-21-43-38-25(3)22-30(23-26(38)4)33-18-20-35-37(40(33)45)42(47)34-19-17-32(39(44)36(34)41(35)46)29-13-15-31(16-14-29)48-24-28-11-9-27(8-6-2)10-12-28/h13-20,22-23,27-28,43-45H,5-12,21,24H2,1-4H3. The van der Waals surface area contributed by atoms with Crippen molar-refractivity contribution in [1.82, 2.24) is 0 Å². The molecule has 6 nitrogen and oxygen atoms in total. The topological polar surface area (TPSA) is 95.9 Å². The second-order valence-corrected chi connectivity index (χ2v) is 13.7. The molecule has 0 atom stereocenters. The summed E-state index contributed by atoms with van der Waals surface area (Å²) in [5.74, 6) is 0.770. The number of hydrogen-bond acceptors (Lipinski definition) is 6. The van der Waals surface area contributed by atoms with Crippen LogP contribution in [0.5, 0.6) is 17.2 Å². The van der Waals surface area contributed by atoms with Gasteiger partial charge in [0.25, 0.3) is 0 Å². The summed E-state index contributed by atoms with van der Waals surface area (Å²) in [6, 6.07) is 18.0. The largest absolute Gasteiger partial charge is 0.507 e. The fraction of sp³-hybridized carbons (Fsp3) is 0.381. The summed E-state index contributed by atoms with van der Waals surface area (Å²) in [7, 11) is 0. The number of carbonyl (C=O) groups is 2. The van der Waals surface area contributed by atoms with Crippen molar-refractivity contribution in [3.63, 3.8) is 0 Å². The predicted molar refractivity (Wildman–Crippen MR) is 193 cm³/mol. The van der Waals surface area contributed by atoms with Gasteiger partial charge < -0.3 is 20.3 Å². The van der Waals surface area contributed by atoms with E-state index in [2.05, 4.69) is 19.2 Å². The zero-order valence-corrected chi connectivity index (χ0v) is 28.6. The Morgan fingerprint density at radius 2 is 1.21 bits per heavy atom. The minimum Gasteiger partial charge on any atom is -0.507 e. The van der Waals surface area contributed by atoms with Crippen LogP contribution in [0, 0.1) is 25.7 Å². The lowest BCUT2D eigenvalue weighted by molar-refractivity contribution is 0.0974. The van der Waals surface area contributed by atoms with Gasteiger partial charge in [0.15, 0.2) is 11.6 Å². The highest BCUT2D eigenvalue weighted by Gasteiger charge is 2.36. The molecule has 2 aliphatic carbocycles. The Morgan fingerprint density at radius 3 is 1.75 bits per heavy atom. The molecule has 0 heterocycles. The van der Waals surface area contributed by atoms with Gasteiger partial charge in [0.2, 0.25) is 0 Å². The Morgan fingerprint density at radius 1 is 0.688 bits per heavy atom. The van der Waals surface area contributed by atoms with Crippen molar-refractivity contribution in [2.45, 2.75) is 79.1 Å². The molecule has 0 unspecified atom stereocenters. The highest BCUT2D eigenvalue weighted by Crippen LogP contribution is 2.44. The summed E-state index contributed by atoms with van der Waals surface area (Å²) >= 11 is 0. The molecule has 2 aliphatic rings. The van der Waals surface area contributed by atoms with Crippen LogP contribution >= 0.6 is 0 Å². The minimum absolute atomic E-state index is 0.0297. The quantitative estimate of drug-likeness (QED) is 0.124. The number of ether oxygens (including phenoxy) is 1. The van der Waals surface area contributed by atoms with Crippen LogP contribution in [0.2, 0.25) is 0 Å². The molecule has 1 saturated carbocycles. The number of carbonyl (C=O) groups excluding carboxylic acids is 2. The fourth-order valence-corrected chi connectivity index (χ4v) is 7.58. The van der Waals surface area contributed by atoms with E-state index >= 15 is 0 Å². The average Bonchev–Trinajstić information content (AvgIpc) is 3.08. The van der Waals surface area contributed by atoms with Crippen molar-refractivity contribution in [2.75, 3.05) is 18.5 Å². The highest BCUT2D eigenvalue weighted by atomic mass is 16.5. The van der Waals surface area contributed by atoms with Crippen LogP contribution in [0.15, 0.2) is 60.7 Å². The van der Waals surface area contributed by atoms with Gasteiger partial charge in [-0.1, -0.05) is 58.1 Å². The molecule has 0 bridgehead atoms. The van der Waals surface area contributed by atoms with Gasteiger partial charge in [-0.05, 0) is 116 Å². The van der Waals surface area contributed by atoms with E-state index in [1.807, 2.05) is 50.2 Å². The Hall–Kier alpha value is -4.58. The van der Waals surface area contributed by atoms with E-state index in [9.17, 15) is 19.8 Å². The van der Waals surface area contributed by atoms with Crippen molar-refractivity contribution in [3.05, 3.63) is 94.0 Å². The van der Waals surface area contributed by atoms with E-state index < -0.39 is 11.6 Å². The molecule has 4 aromatic rings. The lowest BCUT2D eigenvalue weighted by Gasteiger charge is -2.28. The summed E-state index contributed by atoms with van der Waals surface area (Å²) in [5.41, 5.74) is 5.66. The molecule has 0 spiro atoms. The molecule has 6 heteroatoms. The summed E-state index contributed by atoms with van der Waals surface area (Å²) in [4.78, 5) is 27.7. The number of phenolic OH excluding ortho intramolecular Hbond substituents is 2. The predicted octanol–water partition coefficient (Wildman–Crippen LogP) is 10.0. The number of ketones is 2. The first-order valence-electron chi connectivity index (χ1n) is 17.6. The van der Waals surface area contributed by atoms with Crippen LogP contribution in [0.3, 0.4) is 0 Å². The van der Waals surface area contributed by atoms with E-state index in [1.54, 1.807) is 24.3 Å². The second kappa shape index (κ2) is 14.3. The first-order chi connectivity index (χ1) is 23.2. The van der Waals surface area contributed by atoms with Gasteiger partial charge in [0.1, 0.15) is 17.2 Å². The summed E-state index contributed by atoms with van der Waals surface area (Å²) in [6.45, 7) is 10.0.